The van der Waals surface area contributed by atoms with E-state index in [2.05, 4.69) is 44.2 Å². The van der Waals surface area contributed by atoms with Gasteiger partial charge in [-0.25, -0.2) is 0 Å². The fraction of sp³-hybridized carbons (Fsp3) is 0.650. The quantitative estimate of drug-likeness (QED) is 0.884. The van der Waals surface area contributed by atoms with E-state index in [0.717, 1.165) is 25.2 Å². The van der Waals surface area contributed by atoms with Crippen LogP contribution in [0.3, 0.4) is 0 Å². The van der Waals surface area contributed by atoms with Crippen LogP contribution in [0.5, 0.6) is 0 Å². The lowest BCUT2D eigenvalue weighted by Gasteiger charge is -2.62. The Morgan fingerprint density at radius 3 is 2.55 bits per heavy atom. The summed E-state index contributed by atoms with van der Waals surface area (Å²) in [5.74, 6) is 1.42. The molecule has 2 N–H and O–H groups in total. The number of amides is 1. The van der Waals surface area contributed by atoms with Gasteiger partial charge >= 0.3 is 0 Å². The summed E-state index contributed by atoms with van der Waals surface area (Å²) in [5.41, 5.74) is 8.12. The molecule has 1 aromatic carbocycles. The van der Waals surface area contributed by atoms with Gasteiger partial charge in [0.1, 0.15) is 0 Å². The standard InChI is InChI=1S/C20H25NO.H2/c1-17(2)14-8-18(16(21)22)11-19(13-6-4-3-5-7-13)10-15(17)20(19,9-14)12-18;/h3-7,14-15H,8-12H2,1-2H3,(H2,21,22);1H. The predicted octanol–water partition coefficient (Wildman–Crippen LogP) is 3.89. The van der Waals surface area contributed by atoms with Crippen molar-refractivity contribution < 1.29 is 6.22 Å². The van der Waals surface area contributed by atoms with Gasteiger partial charge in [-0.05, 0) is 60.3 Å². The van der Waals surface area contributed by atoms with Crippen molar-refractivity contribution in [1.29, 1.82) is 0 Å². The van der Waals surface area contributed by atoms with Crippen LogP contribution in [-0.2, 0) is 10.2 Å². The monoisotopic (exact) mass is 297 g/mol. The normalized spacial score (nSPS) is 49.7. The van der Waals surface area contributed by atoms with Crippen LogP contribution in [0.4, 0.5) is 0 Å². The van der Waals surface area contributed by atoms with E-state index in [9.17, 15) is 4.79 Å². The van der Waals surface area contributed by atoms with Gasteiger partial charge in [-0.1, -0.05) is 44.2 Å². The lowest BCUT2D eigenvalue weighted by atomic mass is 9.42. The van der Waals surface area contributed by atoms with Gasteiger partial charge in [0.2, 0.25) is 5.91 Å². The molecule has 0 radical (unpaired) electrons. The molecule has 2 heteroatoms. The Hall–Kier alpha value is -1.31. The van der Waals surface area contributed by atoms with Crippen molar-refractivity contribution in [2.24, 2.45) is 33.8 Å². The summed E-state index contributed by atoms with van der Waals surface area (Å²) in [6.07, 6.45) is 5.66. The van der Waals surface area contributed by atoms with E-state index in [1.807, 2.05) is 0 Å². The van der Waals surface area contributed by atoms with Gasteiger partial charge in [0, 0.05) is 6.84 Å². The van der Waals surface area contributed by atoms with Gasteiger partial charge < -0.3 is 5.73 Å². The van der Waals surface area contributed by atoms with Crippen molar-refractivity contribution in [3.63, 3.8) is 0 Å². The molecule has 3 bridgehead atoms. The highest BCUT2D eigenvalue weighted by Gasteiger charge is 2.83. The first-order valence-electron chi connectivity index (χ1n) is 8.72. The molecule has 0 saturated heterocycles. The number of carbonyl (C=O) groups is 1. The maximum atomic E-state index is 12.4. The molecule has 0 aromatic heterocycles. The van der Waals surface area contributed by atoms with Gasteiger partial charge in [0.15, 0.2) is 0 Å². The number of fused-ring (bicyclic) bond motifs is 2. The fourth-order valence-corrected chi connectivity index (χ4v) is 7.60. The van der Waals surface area contributed by atoms with Crippen LogP contribution < -0.4 is 5.73 Å². The Bertz CT molecular complexity index is 686. The minimum Gasteiger partial charge on any atom is -0.369 e. The van der Waals surface area contributed by atoms with Crippen molar-refractivity contribution >= 4 is 5.91 Å². The van der Waals surface area contributed by atoms with Crippen molar-refractivity contribution in [3.05, 3.63) is 35.9 Å². The van der Waals surface area contributed by atoms with Crippen molar-refractivity contribution in [1.82, 2.24) is 0 Å². The third-order valence-electron chi connectivity index (χ3n) is 8.51. The molecule has 118 valence electrons. The van der Waals surface area contributed by atoms with Gasteiger partial charge in [-0.3, -0.25) is 4.79 Å². The van der Waals surface area contributed by atoms with Crippen LogP contribution in [-0.4, -0.2) is 5.91 Å². The maximum Gasteiger partial charge on any atom is 0.223 e. The lowest BCUT2D eigenvalue weighted by Crippen LogP contribution is -2.58. The number of nitrogens with two attached hydrogens (primary N) is 1. The summed E-state index contributed by atoms with van der Waals surface area (Å²) in [6, 6.07) is 11.0. The summed E-state index contributed by atoms with van der Waals surface area (Å²) in [4.78, 5) is 12.4. The van der Waals surface area contributed by atoms with Crippen molar-refractivity contribution in [3.8, 4) is 0 Å². The van der Waals surface area contributed by atoms with E-state index in [4.69, 9.17) is 5.73 Å². The zero-order valence-electron chi connectivity index (χ0n) is 13.6. The molecule has 5 unspecified atom stereocenters. The molecule has 4 saturated carbocycles. The van der Waals surface area contributed by atoms with E-state index in [0.29, 0.717) is 16.7 Å². The van der Waals surface area contributed by atoms with Gasteiger partial charge in [0.05, 0.1) is 5.41 Å². The third kappa shape index (κ3) is 1.11. The number of hydrogen-bond donors (Lipinski definition) is 1. The molecule has 4 aliphatic rings. The average Bonchev–Trinajstić information content (AvgIpc) is 2.72. The summed E-state index contributed by atoms with van der Waals surface area (Å²) in [5, 5.41) is 0. The number of benzene rings is 1. The van der Waals surface area contributed by atoms with E-state index >= 15 is 0 Å². The van der Waals surface area contributed by atoms with Crippen molar-refractivity contribution in [2.75, 3.05) is 0 Å². The number of primary amides is 1. The molecule has 4 aliphatic carbocycles. The molecule has 1 aromatic rings. The SMILES string of the molecule is CC1(C)C2CC3(C(N)=O)CC4(c5ccccc5)CC1C4(C2)C3.[HH]. The molecule has 5 atom stereocenters. The molecule has 1 amide bonds. The van der Waals surface area contributed by atoms with Gasteiger partial charge in [-0.2, -0.15) is 0 Å². The molecule has 22 heavy (non-hydrogen) atoms. The van der Waals surface area contributed by atoms with Crippen LogP contribution in [0, 0.1) is 28.1 Å². The molecule has 0 heterocycles. The predicted molar refractivity (Wildman–Crippen MR) is 88.1 cm³/mol. The number of hydrogen-bond acceptors (Lipinski definition) is 1. The second-order valence-corrected chi connectivity index (χ2v) is 9.29. The minimum atomic E-state index is -0.235. The van der Waals surface area contributed by atoms with Crippen molar-refractivity contribution in [2.45, 2.75) is 51.4 Å². The van der Waals surface area contributed by atoms with Gasteiger partial charge in [0.25, 0.3) is 0 Å². The highest BCUT2D eigenvalue weighted by atomic mass is 16.1. The first-order chi connectivity index (χ1) is 10.4. The Balaban J connectivity index is 0.00000135. The largest absolute Gasteiger partial charge is 0.369 e. The summed E-state index contributed by atoms with van der Waals surface area (Å²) in [6.45, 7) is 4.89. The molecule has 2 nitrogen and oxygen atoms in total. The van der Waals surface area contributed by atoms with E-state index < -0.39 is 0 Å². The molecule has 4 fully saturated rings. The first kappa shape index (κ1) is 13.2. The smallest absolute Gasteiger partial charge is 0.223 e. The van der Waals surface area contributed by atoms with Gasteiger partial charge in [-0.15, -0.1) is 0 Å². The van der Waals surface area contributed by atoms with E-state index in [-0.39, 0.29) is 18.2 Å². The average molecular weight is 297 g/mol. The summed E-state index contributed by atoms with van der Waals surface area (Å²) in [7, 11) is 0. The summed E-state index contributed by atoms with van der Waals surface area (Å²) < 4.78 is 0. The molecular weight excluding hydrogens is 270 g/mol. The third-order valence-corrected chi connectivity index (χ3v) is 8.51. The zero-order valence-corrected chi connectivity index (χ0v) is 13.6. The maximum absolute atomic E-state index is 12.4. The lowest BCUT2D eigenvalue weighted by molar-refractivity contribution is -0.130. The Morgan fingerprint density at radius 2 is 1.86 bits per heavy atom. The van der Waals surface area contributed by atoms with Crippen LogP contribution in [0.25, 0.3) is 0 Å². The van der Waals surface area contributed by atoms with E-state index in [1.165, 1.54) is 18.4 Å². The second kappa shape index (κ2) is 3.44. The second-order valence-electron chi connectivity index (χ2n) is 9.29. The van der Waals surface area contributed by atoms with Crippen LogP contribution in [0.15, 0.2) is 30.3 Å². The Labute approximate surface area is 134 Å². The Kier molecular flexibility index (Phi) is 2.06. The zero-order chi connectivity index (χ0) is 15.4. The number of carbonyl (C=O) groups excluding carboxylic acids is 1. The number of rotatable bonds is 2. The highest BCUT2D eigenvalue weighted by Crippen LogP contribution is 2.87. The van der Waals surface area contributed by atoms with E-state index in [1.54, 1.807) is 0 Å². The molecule has 1 spiro atoms. The molecule has 0 aliphatic heterocycles. The molecular formula is C20H27NO. The Morgan fingerprint density at radius 1 is 1.14 bits per heavy atom. The fourth-order valence-electron chi connectivity index (χ4n) is 7.60. The topological polar surface area (TPSA) is 43.1 Å². The van der Waals surface area contributed by atoms with Crippen LogP contribution in [0.2, 0.25) is 0 Å². The first-order valence-corrected chi connectivity index (χ1v) is 8.72. The highest BCUT2D eigenvalue weighted by molar-refractivity contribution is 5.83. The summed E-state index contributed by atoms with van der Waals surface area (Å²) >= 11 is 0. The van der Waals surface area contributed by atoms with Crippen LogP contribution in [0.1, 0.15) is 52.9 Å². The minimum absolute atomic E-state index is 0. The molecule has 5 rings (SSSR count). The van der Waals surface area contributed by atoms with Crippen LogP contribution >= 0.6 is 0 Å².